The molecule has 0 spiro atoms. The third-order valence-electron chi connectivity index (χ3n) is 4.27. The van der Waals surface area contributed by atoms with Crippen LogP contribution in [-0.4, -0.2) is 17.9 Å². The average molecular weight is 332 g/mol. The van der Waals surface area contributed by atoms with E-state index in [9.17, 15) is 13.2 Å². The molecule has 2 heterocycles. The summed E-state index contributed by atoms with van der Waals surface area (Å²) in [6.07, 6.45) is -3.74. The van der Waals surface area contributed by atoms with Crippen LogP contribution in [0.15, 0.2) is 42.5 Å². The summed E-state index contributed by atoms with van der Waals surface area (Å²) < 4.78 is 40.8. The molecule has 2 aromatic carbocycles. The molecule has 1 aliphatic heterocycles. The van der Waals surface area contributed by atoms with Crippen LogP contribution < -0.4 is 10.1 Å². The van der Waals surface area contributed by atoms with Gasteiger partial charge in [0.25, 0.3) is 0 Å². The molecule has 3 nitrogen and oxygen atoms in total. The first-order chi connectivity index (χ1) is 11.5. The maximum Gasteiger partial charge on any atom is 0.573 e. The van der Waals surface area contributed by atoms with Crippen molar-refractivity contribution in [3.05, 3.63) is 53.7 Å². The predicted octanol–water partition coefficient (Wildman–Crippen LogP) is 4.38. The summed E-state index contributed by atoms with van der Waals surface area (Å²) in [5.41, 5.74) is 5.41. The zero-order valence-corrected chi connectivity index (χ0v) is 12.7. The summed E-state index contributed by atoms with van der Waals surface area (Å²) in [5.74, 6) is -0.210. The molecule has 4 rings (SSSR count). The third kappa shape index (κ3) is 2.73. The van der Waals surface area contributed by atoms with Gasteiger partial charge in [0.2, 0.25) is 0 Å². The average Bonchev–Trinajstić information content (AvgIpc) is 2.93. The Labute approximate surface area is 136 Å². The Morgan fingerprint density at radius 3 is 2.54 bits per heavy atom. The summed E-state index contributed by atoms with van der Waals surface area (Å²) >= 11 is 0. The van der Waals surface area contributed by atoms with E-state index in [1.807, 2.05) is 18.2 Å². The van der Waals surface area contributed by atoms with Crippen molar-refractivity contribution in [2.24, 2.45) is 0 Å². The van der Waals surface area contributed by atoms with Gasteiger partial charge in [-0.15, -0.1) is 13.2 Å². The summed E-state index contributed by atoms with van der Waals surface area (Å²) in [7, 11) is 0. The fourth-order valence-electron chi connectivity index (χ4n) is 3.30. The van der Waals surface area contributed by atoms with Gasteiger partial charge in [-0.2, -0.15) is 0 Å². The molecule has 3 aromatic rings. The Bertz CT molecular complexity index is 882. The van der Waals surface area contributed by atoms with E-state index in [2.05, 4.69) is 15.0 Å². The summed E-state index contributed by atoms with van der Waals surface area (Å²) in [4.78, 5) is 3.43. The molecule has 2 N–H and O–H groups in total. The Morgan fingerprint density at radius 2 is 1.79 bits per heavy atom. The van der Waals surface area contributed by atoms with E-state index in [4.69, 9.17) is 0 Å². The molecule has 24 heavy (non-hydrogen) atoms. The maximum atomic E-state index is 12.3. The zero-order valence-electron chi connectivity index (χ0n) is 12.7. The third-order valence-corrected chi connectivity index (χ3v) is 4.27. The lowest BCUT2D eigenvalue weighted by Gasteiger charge is -2.14. The van der Waals surface area contributed by atoms with Gasteiger partial charge in [-0.25, -0.2) is 0 Å². The van der Waals surface area contributed by atoms with Gasteiger partial charge in [-0.1, -0.05) is 24.3 Å². The van der Waals surface area contributed by atoms with Crippen LogP contribution in [0.3, 0.4) is 0 Å². The van der Waals surface area contributed by atoms with Gasteiger partial charge in [-0.05, 0) is 47.9 Å². The minimum atomic E-state index is -4.67. The number of nitrogens with one attached hydrogen (secondary N) is 2. The second-order valence-corrected chi connectivity index (χ2v) is 5.81. The van der Waals surface area contributed by atoms with E-state index in [0.29, 0.717) is 0 Å². The summed E-state index contributed by atoms with van der Waals surface area (Å²) in [6.45, 7) is 1.73. The van der Waals surface area contributed by atoms with E-state index in [0.717, 1.165) is 41.5 Å². The number of aromatic nitrogens is 1. The second-order valence-electron chi connectivity index (χ2n) is 5.81. The topological polar surface area (TPSA) is 37.0 Å². The molecule has 124 valence electrons. The molecule has 0 unspecified atom stereocenters. The number of alkyl halides is 3. The van der Waals surface area contributed by atoms with Gasteiger partial charge < -0.3 is 15.0 Å². The molecular formula is C18H15F3N2O. The molecule has 0 aliphatic carbocycles. The first kappa shape index (κ1) is 15.1. The Kier molecular flexibility index (Phi) is 3.49. The van der Waals surface area contributed by atoms with Crippen LogP contribution in [0, 0.1) is 0 Å². The van der Waals surface area contributed by atoms with Crippen LogP contribution in [0.1, 0.15) is 11.3 Å². The van der Waals surface area contributed by atoms with Crippen LogP contribution in [0.4, 0.5) is 13.2 Å². The lowest BCUT2D eigenvalue weighted by atomic mass is 9.96. The van der Waals surface area contributed by atoms with Gasteiger partial charge in [0.15, 0.2) is 0 Å². The van der Waals surface area contributed by atoms with Crippen LogP contribution >= 0.6 is 0 Å². The number of benzene rings is 2. The number of halogens is 3. The van der Waals surface area contributed by atoms with Gasteiger partial charge >= 0.3 is 6.36 Å². The van der Waals surface area contributed by atoms with Crippen molar-refractivity contribution in [2.45, 2.75) is 19.3 Å². The maximum absolute atomic E-state index is 12.3. The molecule has 0 saturated carbocycles. The highest BCUT2D eigenvalue weighted by Gasteiger charge is 2.31. The van der Waals surface area contributed by atoms with Crippen LogP contribution in [0.2, 0.25) is 0 Å². The zero-order chi connectivity index (χ0) is 16.7. The summed E-state index contributed by atoms with van der Waals surface area (Å²) in [6, 6.07) is 12.0. The largest absolute Gasteiger partial charge is 0.573 e. The predicted molar refractivity (Wildman–Crippen MR) is 85.8 cm³/mol. The minimum Gasteiger partial charge on any atom is -0.406 e. The fraction of sp³-hybridized carbons (Fsp3) is 0.222. The van der Waals surface area contributed by atoms with Gasteiger partial charge in [0.1, 0.15) is 5.75 Å². The van der Waals surface area contributed by atoms with Crippen molar-refractivity contribution < 1.29 is 17.9 Å². The van der Waals surface area contributed by atoms with Crippen molar-refractivity contribution >= 4 is 10.9 Å². The van der Waals surface area contributed by atoms with Crippen molar-refractivity contribution in [1.29, 1.82) is 0 Å². The van der Waals surface area contributed by atoms with E-state index < -0.39 is 6.36 Å². The first-order valence-corrected chi connectivity index (χ1v) is 7.70. The van der Waals surface area contributed by atoms with Gasteiger partial charge in [0, 0.05) is 23.1 Å². The molecule has 1 aromatic heterocycles. The second kappa shape index (κ2) is 5.56. The minimum absolute atomic E-state index is 0.210. The highest BCUT2D eigenvalue weighted by atomic mass is 19.4. The molecule has 0 radical (unpaired) electrons. The number of aromatic amines is 1. The smallest absolute Gasteiger partial charge is 0.406 e. The van der Waals surface area contributed by atoms with E-state index >= 15 is 0 Å². The van der Waals surface area contributed by atoms with Crippen molar-refractivity contribution in [2.75, 3.05) is 6.54 Å². The molecule has 0 saturated heterocycles. The van der Waals surface area contributed by atoms with Crippen molar-refractivity contribution in [3.63, 3.8) is 0 Å². The highest BCUT2D eigenvalue weighted by Crippen LogP contribution is 2.35. The SMILES string of the molecule is FC(F)(F)Oc1ccc(-c2cccc3[nH]c4c(c23)CCNC4)cc1. The fourth-order valence-corrected chi connectivity index (χ4v) is 3.30. The Hall–Kier alpha value is -2.47. The number of hydrogen-bond acceptors (Lipinski definition) is 2. The normalized spacial score (nSPS) is 14.6. The van der Waals surface area contributed by atoms with Gasteiger partial charge in [-0.3, -0.25) is 0 Å². The Balaban J connectivity index is 1.78. The van der Waals surface area contributed by atoms with Crippen molar-refractivity contribution in [3.8, 4) is 16.9 Å². The Morgan fingerprint density at radius 1 is 1.00 bits per heavy atom. The number of fused-ring (bicyclic) bond motifs is 3. The molecule has 0 bridgehead atoms. The number of hydrogen-bond donors (Lipinski definition) is 2. The summed E-state index contributed by atoms with van der Waals surface area (Å²) in [5, 5.41) is 4.49. The molecular weight excluding hydrogens is 317 g/mol. The van der Waals surface area contributed by atoms with Crippen LogP contribution in [0.25, 0.3) is 22.0 Å². The highest BCUT2D eigenvalue weighted by molar-refractivity contribution is 5.98. The van der Waals surface area contributed by atoms with Gasteiger partial charge in [0.05, 0.1) is 0 Å². The number of ether oxygens (including phenoxy) is 1. The standard InChI is InChI=1S/C18H15F3N2O/c19-18(20,21)24-12-6-4-11(5-7-12)13-2-1-3-15-17(13)14-8-9-22-10-16(14)23-15/h1-7,22-23H,8-10H2. The lowest BCUT2D eigenvalue weighted by molar-refractivity contribution is -0.274. The molecule has 0 amide bonds. The van der Waals surface area contributed by atoms with Crippen LogP contribution in [0.5, 0.6) is 5.75 Å². The quantitative estimate of drug-likeness (QED) is 0.731. The van der Waals surface area contributed by atoms with E-state index in [1.165, 1.54) is 23.4 Å². The molecule has 0 atom stereocenters. The molecule has 0 fully saturated rings. The lowest BCUT2D eigenvalue weighted by Crippen LogP contribution is -2.23. The monoisotopic (exact) mass is 332 g/mol. The van der Waals surface area contributed by atoms with Crippen LogP contribution in [-0.2, 0) is 13.0 Å². The molecule has 1 aliphatic rings. The first-order valence-electron chi connectivity index (χ1n) is 7.70. The van der Waals surface area contributed by atoms with Crippen molar-refractivity contribution in [1.82, 2.24) is 10.3 Å². The van der Waals surface area contributed by atoms with E-state index in [1.54, 1.807) is 12.1 Å². The number of H-pyrrole nitrogens is 1. The molecule has 6 heteroatoms. The van der Waals surface area contributed by atoms with E-state index in [-0.39, 0.29) is 5.75 Å². The number of rotatable bonds is 2.